The number of furan rings is 1. The smallest absolute Gasteiger partial charge is 0.164 e. The molecular weight excluding hydrogens is 574 g/mol. The first kappa shape index (κ1) is 27.0. The van der Waals surface area contributed by atoms with Gasteiger partial charge in [-0.05, 0) is 57.3 Å². The fraction of sp³-hybridized carbons (Fsp3) is 0. The number of para-hydroxylation sites is 1. The Morgan fingerprint density at radius 2 is 0.936 bits per heavy atom. The van der Waals surface area contributed by atoms with Gasteiger partial charge in [0.25, 0.3) is 0 Å². The summed E-state index contributed by atoms with van der Waals surface area (Å²) in [5.74, 6) is 1.83. The predicted molar refractivity (Wildman–Crippen MR) is 192 cm³/mol. The van der Waals surface area contributed by atoms with Crippen LogP contribution in [0.1, 0.15) is 0 Å². The molecule has 2 heterocycles. The molecular formula is C43H27N3O. The maximum Gasteiger partial charge on any atom is 0.164 e. The van der Waals surface area contributed by atoms with Crippen molar-refractivity contribution in [1.82, 2.24) is 15.0 Å². The normalized spacial score (nSPS) is 11.4. The highest BCUT2D eigenvalue weighted by Gasteiger charge is 2.18. The van der Waals surface area contributed by atoms with Gasteiger partial charge in [0.1, 0.15) is 11.2 Å². The second-order valence-corrected chi connectivity index (χ2v) is 11.6. The number of rotatable bonds is 5. The van der Waals surface area contributed by atoms with Crippen molar-refractivity contribution in [1.29, 1.82) is 0 Å². The summed E-state index contributed by atoms with van der Waals surface area (Å²) >= 11 is 0. The van der Waals surface area contributed by atoms with Crippen LogP contribution in [0, 0.1) is 0 Å². The van der Waals surface area contributed by atoms with Crippen LogP contribution in [0.2, 0.25) is 0 Å². The average molecular weight is 602 g/mol. The van der Waals surface area contributed by atoms with E-state index in [2.05, 4.69) is 121 Å². The van der Waals surface area contributed by atoms with Crippen molar-refractivity contribution in [2.24, 2.45) is 0 Å². The Kier molecular flexibility index (Phi) is 6.43. The molecule has 2 aromatic heterocycles. The average Bonchev–Trinajstić information content (AvgIpc) is 3.54. The van der Waals surface area contributed by atoms with Gasteiger partial charge in [0, 0.05) is 27.5 Å². The Morgan fingerprint density at radius 3 is 1.77 bits per heavy atom. The summed E-state index contributed by atoms with van der Waals surface area (Å²) in [6.45, 7) is 0. The number of hydrogen-bond acceptors (Lipinski definition) is 4. The van der Waals surface area contributed by atoms with Gasteiger partial charge < -0.3 is 4.42 Å². The van der Waals surface area contributed by atoms with Crippen LogP contribution >= 0.6 is 0 Å². The van der Waals surface area contributed by atoms with E-state index in [9.17, 15) is 0 Å². The fourth-order valence-corrected chi connectivity index (χ4v) is 6.47. The van der Waals surface area contributed by atoms with E-state index in [0.717, 1.165) is 60.5 Å². The molecule has 0 N–H and O–H groups in total. The van der Waals surface area contributed by atoms with E-state index in [4.69, 9.17) is 19.4 Å². The van der Waals surface area contributed by atoms with E-state index >= 15 is 0 Å². The summed E-state index contributed by atoms with van der Waals surface area (Å²) in [6, 6.07) is 56.4. The molecule has 0 aliphatic carbocycles. The molecule has 0 fully saturated rings. The molecule has 9 rings (SSSR count). The quantitative estimate of drug-likeness (QED) is 0.197. The van der Waals surface area contributed by atoms with Gasteiger partial charge >= 0.3 is 0 Å². The van der Waals surface area contributed by atoms with Gasteiger partial charge in [-0.3, -0.25) is 0 Å². The molecule has 4 nitrogen and oxygen atoms in total. The Bertz CT molecular complexity index is 2570. The van der Waals surface area contributed by atoms with Crippen molar-refractivity contribution in [3.8, 4) is 56.4 Å². The zero-order chi connectivity index (χ0) is 31.2. The lowest BCUT2D eigenvalue weighted by Crippen LogP contribution is -2.00. The minimum absolute atomic E-state index is 0.601. The van der Waals surface area contributed by atoms with Crippen LogP contribution in [0.25, 0.3) is 89.1 Å². The molecule has 0 radical (unpaired) electrons. The molecule has 0 unspecified atom stereocenters. The highest BCUT2D eigenvalue weighted by atomic mass is 16.3. The first-order chi connectivity index (χ1) is 23.3. The van der Waals surface area contributed by atoms with Gasteiger partial charge in [-0.2, -0.15) is 0 Å². The van der Waals surface area contributed by atoms with Crippen molar-refractivity contribution in [2.75, 3.05) is 0 Å². The van der Waals surface area contributed by atoms with E-state index in [1.807, 2.05) is 42.5 Å². The summed E-state index contributed by atoms with van der Waals surface area (Å²) in [5.41, 5.74) is 8.98. The van der Waals surface area contributed by atoms with Gasteiger partial charge in [-0.1, -0.05) is 140 Å². The fourth-order valence-electron chi connectivity index (χ4n) is 6.47. The van der Waals surface area contributed by atoms with Crippen molar-refractivity contribution < 1.29 is 4.42 Å². The molecule has 0 spiro atoms. The Labute approximate surface area is 271 Å². The molecule has 0 amide bonds. The third kappa shape index (κ3) is 4.84. The monoisotopic (exact) mass is 601 g/mol. The lowest BCUT2D eigenvalue weighted by Gasteiger charge is -2.12. The number of benzene rings is 7. The van der Waals surface area contributed by atoms with Crippen LogP contribution in [-0.4, -0.2) is 15.0 Å². The predicted octanol–water partition coefficient (Wildman–Crippen LogP) is 11.3. The van der Waals surface area contributed by atoms with Crippen LogP contribution in [0.15, 0.2) is 168 Å². The number of nitrogens with zero attached hydrogens (tertiary/aromatic N) is 3. The molecule has 0 saturated heterocycles. The summed E-state index contributed by atoms with van der Waals surface area (Å²) in [4.78, 5) is 15.4. The van der Waals surface area contributed by atoms with Crippen LogP contribution in [0.5, 0.6) is 0 Å². The van der Waals surface area contributed by atoms with E-state index in [0.29, 0.717) is 17.5 Å². The summed E-state index contributed by atoms with van der Waals surface area (Å²) in [5, 5.41) is 4.34. The summed E-state index contributed by atoms with van der Waals surface area (Å²) < 4.78 is 6.24. The lowest BCUT2D eigenvalue weighted by molar-refractivity contribution is 0.669. The largest absolute Gasteiger partial charge is 0.456 e. The lowest BCUT2D eigenvalue weighted by atomic mass is 9.96. The van der Waals surface area contributed by atoms with Gasteiger partial charge in [0.05, 0.1) is 0 Å². The first-order valence-electron chi connectivity index (χ1n) is 15.7. The Morgan fingerprint density at radius 1 is 0.340 bits per heavy atom. The van der Waals surface area contributed by atoms with E-state index in [-0.39, 0.29) is 0 Å². The van der Waals surface area contributed by atoms with Crippen molar-refractivity contribution in [3.63, 3.8) is 0 Å². The zero-order valence-electron chi connectivity index (χ0n) is 25.3. The molecule has 7 aromatic carbocycles. The highest BCUT2D eigenvalue weighted by molar-refractivity contribution is 6.11. The Hall–Kier alpha value is -6.39. The molecule has 0 atom stereocenters. The second-order valence-electron chi connectivity index (χ2n) is 11.6. The Balaban J connectivity index is 1.28. The van der Waals surface area contributed by atoms with E-state index in [1.54, 1.807) is 0 Å². The molecule has 220 valence electrons. The molecule has 4 heteroatoms. The van der Waals surface area contributed by atoms with Gasteiger partial charge in [-0.15, -0.1) is 0 Å². The third-order valence-corrected chi connectivity index (χ3v) is 8.73. The SMILES string of the molecule is c1ccc(-c2cccc(-c3nc(-c4ccc5cccc(-c6ccccc6)c5c4)nc(-c4cccc5oc6ccccc6c45)n3)c2)cc1. The maximum atomic E-state index is 6.24. The standard InChI is InChI=1S/C43H27N3O/c1-3-12-28(13-4-1)31-17-9-18-32(26-31)41-44-42(33-25-24-30-16-10-20-34(37(30)27-33)29-14-5-2-6-15-29)46-43(45-41)36-21-11-23-39-40(36)35-19-7-8-22-38(35)47-39/h1-27H. The molecule has 0 bridgehead atoms. The van der Waals surface area contributed by atoms with E-state index < -0.39 is 0 Å². The minimum atomic E-state index is 0.601. The molecule has 9 aromatic rings. The van der Waals surface area contributed by atoms with E-state index in [1.165, 1.54) is 11.1 Å². The zero-order valence-corrected chi connectivity index (χ0v) is 25.3. The van der Waals surface area contributed by atoms with Crippen LogP contribution in [-0.2, 0) is 0 Å². The van der Waals surface area contributed by atoms with Gasteiger partial charge in [-0.25, -0.2) is 15.0 Å². The molecule has 0 saturated carbocycles. The van der Waals surface area contributed by atoms with Crippen LogP contribution in [0.3, 0.4) is 0 Å². The number of hydrogen-bond donors (Lipinski definition) is 0. The topological polar surface area (TPSA) is 51.8 Å². The number of aromatic nitrogens is 3. The van der Waals surface area contributed by atoms with Gasteiger partial charge in [0.15, 0.2) is 17.5 Å². The second kappa shape index (κ2) is 11.2. The third-order valence-electron chi connectivity index (χ3n) is 8.73. The van der Waals surface area contributed by atoms with Crippen LogP contribution in [0.4, 0.5) is 0 Å². The van der Waals surface area contributed by atoms with Crippen molar-refractivity contribution in [3.05, 3.63) is 164 Å². The minimum Gasteiger partial charge on any atom is -0.456 e. The molecule has 0 aliphatic heterocycles. The van der Waals surface area contributed by atoms with Gasteiger partial charge in [0.2, 0.25) is 0 Å². The summed E-state index contributed by atoms with van der Waals surface area (Å²) in [6.07, 6.45) is 0. The van der Waals surface area contributed by atoms with Crippen LogP contribution < -0.4 is 0 Å². The summed E-state index contributed by atoms with van der Waals surface area (Å²) in [7, 11) is 0. The van der Waals surface area contributed by atoms with Crippen molar-refractivity contribution in [2.45, 2.75) is 0 Å². The first-order valence-corrected chi connectivity index (χ1v) is 15.7. The maximum absolute atomic E-state index is 6.24. The molecule has 47 heavy (non-hydrogen) atoms. The molecule has 0 aliphatic rings. The highest BCUT2D eigenvalue weighted by Crippen LogP contribution is 2.37. The van der Waals surface area contributed by atoms with Crippen molar-refractivity contribution >= 4 is 32.7 Å². The number of fused-ring (bicyclic) bond motifs is 4.